The first kappa shape index (κ1) is 13.9. The van der Waals surface area contributed by atoms with Gasteiger partial charge in [0.05, 0.1) is 6.61 Å². The van der Waals surface area contributed by atoms with Crippen molar-refractivity contribution >= 4 is 5.69 Å². The van der Waals surface area contributed by atoms with Crippen molar-refractivity contribution in [3.63, 3.8) is 0 Å². The SMILES string of the molecule is CC(C)(CO)N1Cc2cccc(N3CCNCC3)c2C1. The Morgan fingerprint density at radius 3 is 2.65 bits per heavy atom. The highest BCUT2D eigenvalue weighted by molar-refractivity contribution is 5.58. The summed E-state index contributed by atoms with van der Waals surface area (Å²) in [5.41, 5.74) is 4.11. The number of nitrogens with one attached hydrogen (secondary N) is 1. The summed E-state index contributed by atoms with van der Waals surface area (Å²) in [6.07, 6.45) is 0. The largest absolute Gasteiger partial charge is 0.394 e. The number of anilines is 1. The second kappa shape index (κ2) is 5.35. The molecule has 0 aromatic heterocycles. The topological polar surface area (TPSA) is 38.7 Å². The fraction of sp³-hybridized carbons (Fsp3) is 0.625. The molecule has 2 aliphatic rings. The van der Waals surface area contributed by atoms with E-state index in [2.05, 4.69) is 47.2 Å². The van der Waals surface area contributed by atoms with Crippen LogP contribution in [0.3, 0.4) is 0 Å². The minimum atomic E-state index is -0.153. The summed E-state index contributed by atoms with van der Waals surface area (Å²) in [6, 6.07) is 6.65. The van der Waals surface area contributed by atoms with Crippen LogP contribution in [-0.2, 0) is 13.1 Å². The summed E-state index contributed by atoms with van der Waals surface area (Å²) in [6.45, 7) is 10.6. The molecule has 0 unspecified atom stereocenters. The summed E-state index contributed by atoms with van der Waals surface area (Å²) < 4.78 is 0. The summed E-state index contributed by atoms with van der Waals surface area (Å²) in [5.74, 6) is 0. The number of benzene rings is 1. The number of hydrogen-bond acceptors (Lipinski definition) is 4. The molecule has 3 rings (SSSR count). The van der Waals surface area contributed by atoms with Gasteiger partial charge < -0.3 is 15.3 Å². The highest BCUT2D eigenvalue weighted by atomic mass is 16.3. The van der Waals surface area contributed by atoms with E-state index in [9.17, 15) is 5.11 Å². The lowest BCUT2D eigenvalue weighted by molar-refractivity contribution is 0.0546. The van der Waals surface area contributed by atoms with E-state index in [1.165, 1.54) is 16.8 Å². The molecule has 0 bridgehead atoms. The first-order chi connectivity index (χ1) is 9.62. The van der Waals surface area contributed by atoms with Crippen molar-refractivity contribution in [3.05, 3.63) is 29.3 Å². The molecule has 0 saturated carbocycles. The van der Waals surface area contributed by atoms with Crippen LogP contribution in [0.15, 0.2) is 18.2 Å². The van der Waals surface area contributed by atoms with Crippen molar-refractivity contribution in [2.45, 2.75) is 32.5 Å². The molecule has 1 aromatic carbocycles. The zero-order valence-corrected chi connectivity index (χ0v) is 12.5. The molecule has 1 fully saturated rings. The average Bonchev–Trinajstić information content (AvgIpc) is 2.93. The van der Waals surface area contributed by atoms with Crippen molar-refractivity contribution in [2.75, 3.05) is 37.7 Å². The van der Waals surface area contributed by atoms with Crippen LogP contribution in [0.1, 0.15) is 25.0 Å². The third-order valence-electron chi connectivity index (χ3n) is 4.66. The highest BCUT2D eigenvalue weighted by Gasteiger charge is 2.33. The van der Waals surface area contributed by atoms with Gasteiger partial charge in [-0.3, -0.25) is 4.90 Å². The van der Waals surface area contributed by atoms with Crippen molar-refractivity contribution in [2.24, 2.45) is 0 Å². The lowest BCUT2D eigenvalue weighted by Gasteiger charge is -2.34. The number of nitrogens with zero attached hydrogens (tertiary/aromatic N) is 2. The van der Waals surface area contributed by atoms with Gasteiger partial charge in [0.25, 0.3) is 0 Å². The van der Waals surface area contributed by atoms with Gasteiger partial charge in [-0.25, -0.2) is 0 Å². The summed E-state index contributed by atoms with van der Waals surface area (Å²) in [4.78, 5) is 4.87. The molecule has 2 aliphatic heterocycles. The molecule has 2 heterocycles. The molecule has 0 spiro atoms. The van der Waals surface area contributed by atoms with Crippen LogP contribution in [-0.4, -0.2) is 48.3 Å². The fourth-order valence-electron chi connectivity index (χ4n) is 3.13. The van der Waals surface area contributed by atoms with E-state index in [1.54, 1.807) is 0 Å². The summed E-state index contributed by atoms with van der Waals surface area (Å²) in [5, 5.41) is 13.0. The van der Waals surface area contributed by atoms with Gasteiger partial charge in [-0.1, -0.05) is 12.1 Å². The van der Waals surface area contributed by atoms with Crippen LogP contribution in [0.4, 0.5) is 5.69 Å². The van der Waals surface area contributed by atoms with Gasteiger partial charge in [-0.05, 0) is 31.0 Å². The lowest BCUT2D eigenvalue weighted by atomic mass is 10.1. The number of piperazine rings is 1. The Bertz CT molecular complexity index is 481. The summed E-state index contributed by atoms with van der Waals surface area (Å²) in [7, 11) is 0. The molecule has 4 nitrogen and oxygen atoms in total. The average molecular weight is 275 g/mol. The minimum Gasteiger partial charge on any atom is -0.394 e. The molecule has 0 atom stereocenters. The molecule has 0 radical (unpaired) electrons. The molecule has 2 N–H and O–H groups in total. The van der Waals surface area contributed by atoms with Crippen LogP contribution in [0.25, 0.3) is 0 Å². The third kappa shape index (κ3) is 2.43. The predicted molar refractivity (Wildman–Crippen MR) is 81.9 cm³/mol. The van der Waals surface area contributed by atoms with Crippen LogP contribution in [0, 0.1) is 0 Å². The van der Waals surface area contributed by atoms with Gasteiger partial charge in [-0.2, -0.15) is 0 Å². The van der Waals surface area contributed by atoms with E-state index in [-0.39, 0.29) is 12.1 Å². The van der Waals surface area contributed by atoms with E-state index in [0.29, 0.717) is 0 Å². The number of aliphatic hydroxyl groups excluding tert-OH is 1. The summed E-state index contributed by atoms with van der Waals surface area (Å²) >= 11 is 0. The second-order valence-electron chi connectivity index (χ2n) is 6.48. The zero-order chi connectivity index (χ0) is 14.2. The second-order valence-corrected chi connectivity index (χ2v) is 6.48. The van der Waals surface area contributed by atoms with Gasteiger partial charge in [0.2, 0.25) is 0 Å². The Balaban J connectivity index is 1.86. The highest BCUT2D eigenvalue weighted by Crippen LogP contribution is 2.35. The van der Waals surface area contributed by atoms with E-state index in [1.807, 2.05) is 0 Å². The van der Waals surface area contributed by atoms with Gasteiger partial charge in [0.15, 0.2) is 0 Å². The van der Waals surface area contributed by atoms with Crippen LogP contribution < -0.4 is 10.2 Å². The molecule has 1 aromatic rings. The zero-order valence-electron chi connectivity index (χ0n) is 12.5. The fourth-order valence-corrected chi connectivity index (χ4v) is 3.13. The molecule has 1 saturated heterocycles. The van der Waals surface area contributed by atoms with Gasteiger partial charge >= 0.3 is 0 Å². The Kier molecular flexibility index (Phi) is 3.71. The lowest BCUT2D eigenvalue weighted by Crippen LogP contribution is -2.44. The van der Waals surface area contributed by atoms with Crippen molar-refractivity contribution in [1.82, 2.24) is 10.2 Å². The normalized spacial score (nSPS) is 20.2. The predicted octanol–water partition coefficient (Wildman–Crippen LogP) is 1.18. The molecular formula is C16H25N3O. The van der Waals surface area contributed by atoms with E-state index >= 15 is 0 Å². The van der Waals surface area contributed by atoms with Gasteiger partial charge in [0.1, 0.15) is 0 Å². The maximum absolute atomic E-state index is 9.59. The standard InChI is InChI=1S/C16H25N3O/c1-16(2,12-20)19-10-13-4-3-5-15(14(13)11-19)18-8-6-17-7-9-18/h3-5,17,20H,6-12H2,1-2H3. The van der Waals surface area contributed by atoms with E-state index < -0.39 is 0 Å². The number of rotatable bonds is 3. The Morgan fingerprint density at radius 2 is 1.95 bits per heavy atom. The van der Waals surface area contributed by atoms with Crippen LogP contribution in [0.5, 0.6) is 0 Å². The molecule has 0 aliphatic carbocycles. The van der Waals surface area contributed by atoms with E-state index in [4.69, 9.17) is 0 Å². The third-order valence-corrected chi connectivity index (χ3v) is 4.66. The number of fused-ring (bicyclic) bond motifs is 1. The van der Waals surface area contributed by atoms with Crippen molar-refractivity contribution < 1.29 is 5.11 Å². The number of aliphatic hydroxyl groups is 1. The van der Waals surface area contributed by atoms with Crippen LogP contribution in [0.2, 0.25) is 0 Å². The monoisotopic (exact) mass is 275 g/mol. The van der Waals surface area contributed by atoms with Crippen molar-refractivity contribution in [3.8, 4) is 0 Å². The first-order valence-corrected chi connectivity index (χ1v) is 7.54. The smallest absolute Gasteiger partial charge is 0.0610 e. The Hall–Kier alpha value is -1.10. The maximum atomic E-state index is 9.59. The van der Waals surface area contributed by atoms with Gasteiger partial charge in [0, 0.05) is 50.5 Å². The molecule has 20 heavy (non-hydrogen) atoms. The first-order valence-electron chi connectivity index (χ1n) is 7.54. The van der Waals surface area contributed by atoms with Crippen molar-refractivity contribution in [1.29, 1.82) is 0 Å². The molecular weight excluding hydrogens is 250 g/mol. The number of hydrogen-bond donors (Lipinski definition) is 2. The Labute approximate surface area is 121 Å². The molecule has 0 amide bonds. The van der Waals surface area contributed by atoms with Gasteiger partial charge in [-0.15, -0.1) is 0 Å². The molecule has 4 heteroatoms. The maximum Gasteiger partial charge on any atom is 0.0610 e. The Morgan fingerprint density at radius 1 is 1.20 bits per heavy atom. The molecule has 110 valence electrons. The quantitative estimate of drug-likeness (QED) is 0.869. The minimum absolute atomic E-state index is 0.153. The van der Waals surface area contributed by atoms with E-state index in [0.717, 1.165) is 39.3 Å². The van der Waals surface area contributed by atoms with Crippen LogP contribution >= 0.6 is 0 Å².